The lowest BCUT2D eigenvalue weighted by molar-refractivity contribution is -0.139. The summed E-state index contributed by atoms with van der Waals surface area (Å²) in [5, 5.41) is 21.4. The maximum absolute atomic E-state index is 11.5. The minimum absolute atomic E-state index is 0.0256. The van der Waals surface area contributed by atoms with Crippen molar-refractivity contribution in [2.45, 2.75) is 31.8 Å². The zero-order valence-electron chi connectivity index (χ0n) is 13.7. The van der Waals surface area contributed by atoms with E-state index >= 15 is 0 Å². The molecule has 142 valence electrons. The zero-order valence-corrected chi connectivity index (χ0v) is 14.6. The van der Waals surface area contributed by atoms with Gasteiger partial charge < -0.3 is 26.6 Å². The van der Waals surface area contributed by atoms with Crippen molar-refractivity contribution in [3.8, 4) is 0 Å². The van der Waals surface area contributed by atoms with E-state index < -0.39 is 42.4 Å². The first-order valence-electron chi connectivity index (χ1n) is 7.03. The Balaban J connectivity index is 0. The van der Waals surface area contributed by atoms with E-state index in [1.807, 2.05) is 0 Å². The van der Waals surface area contributed by atoms with Crippen LogP contribution in [0.4, 0.5) is 0 Å². The number of nitrogens with one attached hydrogen (secondary N) is 2. The summed E-state index contributed by atoms with van der Waals surface area (Å²) in [4.78, 5) is 53.1. The van der Waals surface area contributed by atoms with E-state index in [0.29, 0.717) is 5.57 Å². The van der Waals surface area contributed by atoms with Crippen LogP contribution in [-0.4, -0.2) is 64.6 Å². The molecule has 2 atom stereocenters. The molecule has 0 aliphatic heterocycles. The van der Waals surface area contributed by atoms with Crippen molar-refractivity contribution in [3.05, 3.63) is 12.2 Å². The lowest BCUT2D eigenvalue weighted by Gasteiger charge is -2.16. The highest BCUT2D eigenvalue weighted by Crippen LogP contribution is 1.97. The van der Waals surface area contributed by atoms with Crippen LogP contribution in [0.3, 0.4) is 0 Å². The number of aliphatic carboxylic acids is 2. The van der Waals surface area contributed by atoms with E-state index in [2.05, 4.69) is 29.8 Å². The second kappa shape index (κ2) is 14.0. The third-order valence-corrected chi connectivity index (χ3v) is 2.81. The van der Waals surface area contributed by atoms with Crippen LogP contribution in [-0.2, 0) is 24.0 Å². The molecule has 10 nitrogen and oxygen atoms in total. The summed E-state index contributed by atoms with van der Waals surface area (Å²) in [6, 6.07) is -2.15. The standard InChI is InChI=1S/C10H17N3O6S.C4H6O/c11-5(10(18)19)1-2-7(14)13-6(4-20)9(17)12-3-8(15)16;1-4(2)3-5/h5-6,20H,1-4,11H2,(H,12,17)(H,13,14)(H,15,16)(H,18,19);3H,1H2,2H3. The normalized spacial score (nSPS) is 11.8. The molecule has 0 radical (unpaired) electrons. The van der Waals surface area contributed by atoms with Crippen molar-refractivity contribution in [1.82, 2.24) is 10.6 Å². The van der Waals surface area contributed by atoms with Gasteiger partial charge in [0.2, 0.25) is 11.8 Å². The van der Waals surface area contributed by atoms with E-state index in [-0.39, 0.29) is 18.6 Å². The van der Waals surface area contributed by atoms with E-state index in [1.165, 1.54) is 0 Å². The summed E-state index contributed by atoms with van der Waals surface area (Å²) >= 11 is 3.87. The fourth-order valence-corrected chi connectivity index (χ4v) is 1.41. The number of nitrogens with two attached hydrogens (primary N) is 1. The number of carbonyl (C=O) groups excluding carboxylic acids is 3. The Morgan fingerprint density at radius 1 is 1.28 bits per heavy atom. The molecule has 0 aliphatic rings. The smallest absolute Gasteiger partial charge is 0.322 e. The Labute approximate surface area is 150 Å². The van der Waals surface area contributed by atoms with Crippen LogP contribution < -0.4 is 16.4 Å². The van der Waals surface area contributed by atoms with Gasteiger partial charge in [0.05, 0.1) is 0 Å². The summed E-state index contributed by atoms with van der Waals surface area (Å²) in [7, 11) is 0. The summed E-state index contributed by atoms with van der Waals surface area (Å²) in [5.41, 5.74) is 5.80. The van der Waals surface area contributed by atoms with Gasteiger partial charge in [-0.25, -0.2) is 0 Å². The summed E-state index contributed by atoms with van der Waals surface area (Å²) < 4.78 is 0. The zero-order chi connectivity index (χ0) is 20.0. The predicted octanol–water partition coefficient (Wildman–Crippen LogP) is -1.44. The first-order chi connectivity index (χ1) is 11.5. The average Bonchev–Trinajstić information content (AvgIpc) is 2.55. The number of carboxylic acids is 2. The van der Waals surface area contributed by atoms with Crippen LogP contribution >= 0.6 is 12.6 Å². The molecule has 0 fully saturated rings. The van der Waals surface area contributed by atoms with Crippen LogP contribution in [0.25, 0.3) is 0 Å². The van der Waals surface area contributed by atoms with Crippen LogP contribution in [0.1, 0.15) is 19.8 Å². The number of hydrogen-bond acceptors (Lipinski definition) is 7. The topological polar surface area (TPSA) is 176 Å². The minimum atomic E-state index is -1.22. The molecule has 2 amide bonds. The summed E-state index contributed by atoms with van der Waals surface area (Å²) in [6.07, 6.45) is 0.487. The summed E-state index contributed by atoms with van der Waals surface area (Å²) in [6.45, 7) is 4.40. The van der Waals surface area contributed by atoms with Crippen molar-refractivity contribution in [2.24, 2.45) is 5.73 Å². The molecule has 0 bridgehead atoms. The molecule has 0 spiro atoms. The van der Waals surface area contributed by atoms with Gasteiger partial charge in [-0.1, -0.05) is 6.58 Å². The molecule has 0 aliphatic carbocycles. The van der Waals surface area contributed by atoms with Gasteiger partial charge in [-0.15, -0.1) is 0 Å². The van der Waals surface area contributed by atoms with Crippen molar-refractivity contribution in [3.63, 3.8) is 0 Å². The van der Waals surface area contributed by atoms with E-state index in [0.717, 1.165) is 6.29 Å². The minimum Gasteiger partial charge on any atom is -0.480 e. The highest BCUT2D eigenvalue weighted by molar-refractivity contribution is 7.80. The fraction of sp³-hybridized carbons (Fsp3) is 0.500. The first-order valence-corrected chi connectivity index (χ1v) is 7.67. The number of amides is 2. The Hall–Kier alpha value is -2.40. The monoisotopic (exact) mass is 377 g/mol. The molecule has 25 heavy (non-hydrogen) atoms. The second-order valence-electron chi connectivity index (χ2n) is 4.86. The maximum Gasteiger partial charge on any atom is 0.322 e. The second-order valence-corrected chi connectivity index (χ2v) is 5.23. The van der Waals surface area contributed by atoms with Crippen LogP contribution in [0.15, 0.2) is 12.2 Å². The molecule has 0 saturated carbocycles. The van der Waals surface area contributed by atoms with Crippen molar-refractivity contribution < 1.29 is 34.2 Å². The van der Waals surface area contributed by atoms with E-state index in [4.69, 9.17) is 15.9 Å². The molecule has 11 heteroatoms. The third kappa shape index (κ3) is 14.9. The number of rotatable bonds is 10. The Kier molecular flexibility index (Phi) is 13.9. The molecule has 0 aromatic heterocycles. The van der Waals surface area contributed by atoms with Crippen molar-refractivity contribution in [2.75, 3.05) is 12.3 Å². The highest BCUT2D eigenvalue weighted by atomic mass is 32.1. The molecule has 2 unspecified atom stereocenters. The van der Waals surface area contributed by atoms with Gasteiger partial charge in [0, 0.05) is 12.2 Å². The Morgan fingerprint density at radius 2 is 1.80 bits per heavy atom. The van der Waals surface area contributed by atoms with Gasteiger partial charge >= 0.3 is 11.9 Å². The molecule has 0 aromatic carbocycles. The van der Waals surface area contributed by atoms with Crippen molar-refractivity contribution >= 4 is 42.7 Å². The van der Waals surface area contributed by atoms with Gasteiger partial charge in [0.15, 0.2) is 0 Å². The SMILES string of the molecule is C=C(C)C=O.NC(CCC(=O)NC(CS)C(=O)NCC(=O)O)C(=O)O. The number of carbonyl (C=O) groups is 5. The maximum atomic E-state index is 11.5. The van der Waals surface area contributed by atoms with Gasteiger partial charge in [0.25, 0.3) is 0 Å². The number of aldehydes is 1. The molecular formula is C14H23N3O7S. The highest BCUT2D eigenvalue weighted by Gasteiger charge is 2.20. The predicted molar refractivity (Wildman–Crippen MR) is 92.2 cm³/mol. The van der Waals surface area contributed by atoms with Crippen LogP contribution in [0, 0.1) is 0 Å². The van der Waals surface area contributed by atoms with Crippen LogP contribution in [0.5, 0.6) is 0 Å². The Bertz CT molecular complexity index is 511. The molecule has 0 aromatic rings. The lowest BCUT2D eigenvalue weighted by atomic mass is 10.1. The molecule has 0 saturated heterocycles. The van der Waals surface area contributed by atoms with Gasteiger partial charge in [-0.05, 0) is 18.9 Å². The lowest BCUT2D eigenvalue weighted by Crippen LogP contribution is -2.49. The van der Waals surface area contributed by atoms with Crippen LogP contribution in [0.2, 0.25) is 0 Å². The van der Waals surface area contributed by atoms with Crippen molar-refractivity contribution in [1.29, 1.82) is 0 Å². The number of hydrogen-bond donors (Lipinski definition) is 6. The molecule has 0 rings (SSSR count). The third-order valence-electron chi connectivity index (χ3n) is 2.45. The van der Waals surface area contributed by atoms with Gasteiger partial charge in [-0.3, -0.25) is 24.0 Å². The largest absolute Gasteiger partial charge is 0.480 e. The molecule has 6 N–H and O–H groups in total. The first kappa shape index (κ1) is 24.8. The quantitative estimate of drug-likeness (QED) is 0.152. The fourth-order valence-electron chi connectivity index (χ4n) is 1.16. The number of thiol groups is 1. The summed E-state index contributed by atoms with van der Waals surface area (Å²) in [5.74, 6) is -3.70. The van der Waals surface area contributed by atoms with Gasteiger partial charge in [0.1, 0.15) is 24.9 Å². The molecule has 0 heterocycles. The number of carboxylic acid groups (broad SMARTS) is 2. The van der Waals surface area contributed by atoms with Gasteiger partial charge in [-0.2, -0.15) is 12.6 Å². The molecular weight excluding hydrogens is 354 g/mol. The van der Waals surface area contributed by atoms with E-state index in [1.54, 1.807) is 6.92 Å². The average molecular weight is 377 g/mol. The Morgan fingerprint density at radius 3 is 2.16 bits per heavy atom. The van der Waals surface area contributed by atoms with E-state index in [9.17, 15) is 24.0 Å². The number of allylic oxidation sites excluding steroid dienone is 1.